The van der Waals surface area contributed by atoms with Crippen LogP contribution in [0.5, 0.6) is 11.5 Å². The molecule has 5 N–H and O–H groups in total. The molecule has 0 radical (unpaired) electrons. The van der Waals surface area contributed by atoms with Crippen molar-refractivity contribution in [2.75, 3.05) is 5.32 Å². The summed E-state index contributed by atoms with van der Waals surface area (Å²) in [5.74, 6) is -0.690. The molecule has 30 heavy (non-hydrogen) atoms. The van der Waals surface area contributed by atoms with Crippen LogP contribution in [0.1, 0.15) is 19.3 Å². The fourth-order valence-corrected chi connectivity index (χ4v) is 4.25. The number of hydrogen-bond acceptors (Lipinski definition) is 4. The number of benzene rings is 2. The molecule has 3 aliphatic rings. The molecule has 3 fully saturated rings. The summed E-state index contributed by atoms with van der Waals surface area (Å²) in [6, 6.07) is 7.14. The van der Waals surface area contributed by atoms with Gasteiger partial charge in [-0.1, -0.05) is 23.2 Å². The van der Waals surface area contributed by atoms with Gasteiger partial charge >= 0.3 is 12.1 Å². The predicted octanol–water partition coefficient (Wildman–Crippen LogP) is 3.93. The maximum atomic E-state index is 13.4. The highest BCUT2D eigenvalue weighted by Crippen LogP contribution is 2.60. The molecule has 0 aliphatic heterocycles. The van der Waals surface area contributed by atoms with Gasteiger partial charge in [0.05, 0.1) is 10.7 Å². The maximum absolute atomic E-state index is 13.4. The van der Waals surface area contributed by atoms with E-state index in [9.17, 15) is 19.1 Å². The second kappa shape index (κ2) is 7.41. The minimum absolute atomic E-state index is 0.0474. The van der Waals surface area contributed by atoms with Crippen molar-refractivity contribution in [1.29, 1.82) is 0 Å². The number of anilines is 1. The van der Waals surface area contributed by atoms with E-state index in [1.165, 1.54) is 24.3 Å². The molecular formula is C19H17Cl2FN4O4. The molecule has 5 rings (SSSR count). The highest BCUT2D eigenvalue weighted by molar-refractivity contribution is 6.31. The van der Waals surface area contributed by atoms with Crippen molar-refractivity contribution in [1.82, 2.24) is 16.1 Å². The van der Waals surface area contributed by atoms with Crippen LogP contribution >= 0.6 is 23.2 Å². The van der Waals surface area contributed by atoms with E-state index in [0.29, 0.717) is 24.3 Å². The summed E-state index contributed by atoms with van der Waals surface area (Å²) >= 11 is 11.4. The molecule has 0 spiro atoms. The van der Waals surface area contributed by atoms with E-state index < -0.39 is 29.0 Å². The number of amides is 4. The van der Waals surface area contributed by atoms with Crippen LogP contribution in [0, 0.1) is 5.82 Å². The first-order valence-electron chi connectivity index (χ1n) is 8.95. The lowest BCUT2D eigenvalue weighted by atomic mass is 9.44. The Bertz CT molecular complexity index is 1020. The van der Waals surface area contributed by atoms with Gasteiger partial charge in [0, 0.05) is 28.2 Å². The molecule has 0 unspecified atom stereocenters. The van der Waals surface area contributed by atoms with Crippen LogP contribution in [0.2, 0.25) is 10.0 Å². The Morgan fingerprint density at radius 2 is 1.67 bits per heavy atom. The number of aromatic hydroxyl groups is 1. The topological polar surface area (TPSA) is 112 Å². The molecule has 0 atom stereocenters. The van der Waals surface area contributed by atoms with Crippen LogP contribution in [-0.4, -0.2) is 28.2 Å². The molecule has 2 aromatic rings. The number of urea groups is 2. The van der Waals surface area contributed by atoms with Crippen LogP contribution in [0.4, 0.5) is 19.7 Å². The van der Waals surface area contributed by atoms with E-state index in [0.717, 1.165) is 6.07 Å². The Balaban J connectivity index is 1.22. The lowest BCUT2D eigenvalue weighted by molar-refractivity contribution is -0.0876. The monoisotopic (exact) mass is 454 g/mol. The van der Waals surface area contributed by atoms with Gasteiger partial charge in [-0.05, 0) is 43.5 Å². The van der Waals surface area contributed by atoms with Crippen LogP contribution in [0.3, 0.4) is 0 Å². The van der Waals surface area contributed by atoms with Crippen molar-refractivity contribution in [3.63, 3.8) is 0 Å². The zero-order valence-electron chi connectivity index (χ0n) is 15.4. The largest absolute Gasteiger partial charge is 0.506 e. The molecule has 0 heterocycles. The number of hydrogen-bond donors (Lipinski definition) is 5. The maximum Gasteiger partial charge on any atom is 0.348 e. The van der Waals surface area contributed by atoms with Crippen molar-refractivity contribution in [3.05, 3.63) is 52.3 Å². The lowest BCUT2D eigenvalue weighted by Crippen LogP contribution is -2.84. The average Bonchev–Trinajstić information content (AvgIpc) is 2.62. The van der Waals surface area contributed by atoms with Gasteiger partial charge in [0.15, 0.2) is 5.75 Å². The molecule has 8 nitrogen and oxygen atoms in total. The van der Waals surface area contributed by atoms with E-state index >= 15 is 0 Å². The average molecular weight is 455 g/mol. The van der Waals surface area contributed by atoms with Crippen molar-refractivity contribution < 1.29 is 23.9 Å². The Hall–Kier alpha value is -2.91. The summed E-state index contributed by atoms with van der Waals surface area (Å²) in [7, 11) is 0. The predicted molar refractivity (Wildman–Crippen MR) is 108 cm³/mol. The van der Waals surface area contributed by atoms with Crippen LogP contribution < -0.4 is 26.3 Å². The quantitative estimate of drug-likeness (QED) is 0.348. The van der Waals surface area contributed by atoms with Gasteiger partial charge in [-0.3, -0.25) is 0 Å². The third-order valence-electron chi connectivity index (χ3n) is 5.15. The molecule has 4 amide bonds. The van der Waals surface area contributed by atoms with Gasteiger partial charge < -0.3 is 25.9 Å². The highest BCUT2D eigenvalue weighted by Gasteiger charge is 2.69. The van der Waals surface area contributed by atoms with E-state index in [-0.39, 0.29) is 22.2 Å². The van der Waals surface area contributed by atoms with Gasteiger partial charge in [-0.25, -0.2) is 14.0 Å². The minimum atomic E-state index is -0.658. The number of phenolic OH excluding ortho intramolecular Hbond substituents is 1. The number of halogens is 3. The first-order chi connectivity index (χ1) is 14.2. The van der Waals surface area contributed by atoms with Gasteiger partial charge in [-0.2, -0.15) is 5.48 Å². The standard InChI is InChI=1S/C19H17Cl2FN4O4/c20-10-1-4-14(15(27)5-10)23-16(28)24-18-7-19(8-18,9-18)25-17(29)26-30-11-2-3-12(21)13(22)6-11/h1-6,27H,7-9H2,(H2,23,24,28)(H2,25,26,29). The molecule has 3 saturated carbocycles. The molecule has 0 saturated heterocycles. The Morgan fingerprint density at radius 3 is 2.30 bits per heavy atom. The fourth-order valence-electron chi connectivity index (χ4n) is 3.97. The van der Waals surface area contributed by atoms with Crippen molar-refractivity contribution in [2.24, 2.45) is 0 Å². The van der Waals surface area contributed by atoms with Gasteiger partial charge in [0.25, 0.3) is 0 Å². The zero-order chi connectivity index (χ0) is 21.5. The Labute approximate surface area is 180 Å². The van der Waals surface area contributed by atoms with Crippen LogP contribution in [0.15, 0.2) is 36.4 Å². The Morgan fingerprint density at radius 1 is 1.00 bits per heavy atom. The highest BCUT2D eigenvalue weighted by atomic mass is 35.5. The summed E-state index contributed by atoms with van der Waals surface area (Å²) in [5.41, 5.74) is 1.61. The molecule has 2 bridgehead atoms. The van der Waals surface area contributed by atoms with Gasteiger partial charge in [-0.15, -0.1) is 0 Å². The summed E-state index contributed by atoms with van der Waals surface area (Å²) in [4.78, 5) is 29.3. The van der Waals surface area contributed by atoms with E-state index in [4.69, 9.17) is 28.0 Å². The fraction of sp³-hybridized carbons (Fsp3) is 0.263. The number of hydroxylamine groups is 1. The third kappa shape index (κ3) is 4.03. The van der Waals surface area contributed by atoms with Gasteiger partial charge in [0.1, 0.15) is 11.6 Å². The van der Waals surface area contributed by atoms with E-state index in [1.807, 2.05) is 0 Å². The second-order valence-electron chi connectivity index (χ2n) is 7.57. The molecule has 3 aliphatic carbocycles. The van der Waals surface area contributed by atoms with Crippen LogP contribution in [-0.2, 0) is 0 Å². The summed E-state index contributed by atoms with van der Waals surface area (Å²) < 4.78 is 13.4. The molecular weight excluding hydrogens is 438 g/mol. The number of rotatable bonds is 5. The molecule has 2 aromatic carbocycles. The summed E-state index contributed by atoms with van der Waals surface area (Å²) in [5, 5.41) is 18.3. The SMILES string of the molecule is O=C(NOc1ccc(Cl)c(F)c1)NC12CC(NC(=O)Nc3ccc(Cl)cc3O)(C1)C2. The normalized spacial score (nSPS) is 23.4. The number of nitrogens with one attached hydrogen (secondary N) is 4. The second-order valence-corrected chi connectivity index (χ2v) is 8.41. The van der Waals surface area contributed by atoms with Gasteiger partial charge in [0.2, 0.25) is 0 Å². The molecule has 11 heteroatoms. The van der Waals surface area contributed by atoms with Crippen molar-refractivity contribution >= 4 is 41.0 Å². The number of phenols is 1. The minimum Gasteiger partial charge on any atom is -0.506 e. The first-order valence-corrected chi connectivity index (χ1v) is 9.71. The lowest BCUT2D eigenvalue weighted by Gasteiger charge is -2.70. The first kappa shape index (κ1) is 20.4. The van der Waals surface area contributed by atoms with Crippen molar-refractivity contribution in [3.8, 4) is 11.5 Å². The van der Waals surface area contributed by atoms with E-state index in [2.05, 4.69) is 21.4 Å². The smallest absolute Gasteiger partial charge is 0.348 e. The summed E-state index contributed by atoms with van der Waals surface area (Å²) in [6.45, 7) is 0. The molecule has 0 aromatic heterocycles. The zero-order valence-corrected chi connectivity index (χ0v) is 16.9. The van der Waals surface area contributed by atoms with E-state index in [1.54, 1.807) is 6.07 Å². The molecule has 158 valence electrons. The summed E-state index contributed by atoms with van der Waals surface area (Å²) in [6.07, 6.45) is 1.68. The Kier molecular flexibility index (Phi) is 5.03. The number of carbonyl (C=O) groups is 2. The number of carbonyl (C=O) groups excluding carboxylic acids is 2. The van der Waals surface area contributed by atoms with Crippen molar-refractivity contribution in [2.45, 2.75) is 30.3 Å². The van der Waals surface area contributed by atoms with Crippen LogP contribution in [0.25, 0.3) is 0 Å². The third-order valence-corrected chi connectivity index (χ3v) is 5.69.